The van der Waals surface area contributed by atoms with Crippen molar-refractivity contribution in [3.8, 4) is 0 Å². The Kier molecular flexibility index (Phi) is 33.8. The molecule has 0 unspecified atom stereocenters. The summed E-state index contributed by atoms with van der Waals surface area (Å²) in [5.41, 5.74) is 0. The van der Waals surface area contributed by atoms with Crippen molar-refractivity contribution in [1.29, 1.82) is 0 Å². The molecule has 8 atom stereocenters. The van der Waals surface area contributed by atoms with Gasteiger partial charge in [-0.2, -0.15) is 15.6 Å². The summed E-state index contributed by atoms with van der Waals surface area (Å²) in [6.07, 6.45) is -11.1. The standard InChI is InChI=1S/4C6H8O6.3Mg.2H3O4P/c4*7-1-2(8)5-3(9)4(10)6(11)12-5;;;;2*1-5(2,3)4/h4*2,5,7-10H,1H2;;;;2*(H3,1,2,3,4)/q;;;;3*+2;;/p-6/t4*2-,5+;;;;;/m0000...../s1. The number of cyclic esters (lactones) is 4. The van der Waals surface area contributed by atoms with Crippen molar-refractivity contribution in [3.05, 3.63) is 46.1 Å². The number of hydrogen-bond donors (Lipinski definition) is 16. The summed E-state index contributed by atoms with van der Waals surface area (Å²) >= 11 is 0. The zero-order chi connectivity index (χ0) is 46.2. The molecular weight excluding hydrogens is 935 g/mol. The molecule has 336 valence electrons. The fraction of sp³-hybridized carbons (Fsp3) is 0.500. The summed E-state index contributed by atoms with van der Waals surface area (Å²) in [5.74, 6) is -11.1. The third kappa shape index (κ3) is 24.2. The Bertz CT molecular complexity index is 1430. The van der Waals surface area contributed by atoms with E-state index in [1.54, 1.807) is 0 Å². The number of hydrogen-bond acceptors (Lipinski definition) is 32. The Balaban J connectivity index is -0.000000210. The van der Waals surface area contributed by atoms with Gasteiger partial charge in [0.2, 0.25) is 23.0 Å². The van der Waals surface area contributed by atoms with Crippen LogP contribution in [0.1, 0.15) is 0 Å². The van der Waals surface area contributed by atoms with Gasteiger partial charge < -0.3 is 139 Å². The molecule has 0 aliphatic carbocycles. The molecule has 0 aromatic rings. The average molecular weight is 967 g/mol. The molecule has 0 amide bonds. The topological polar surface area (TPSA) is 601 Å². The van der Waals surface area contributed by atoms with E-state index in [2.05, 4.69) is 18.9 Å². The van der Waals surface area contributed by atoms with Gasteiger partial charge in [-0.3, -0.25) is 0 Å². The van der Waals surface area contributed by atoms with Gasteiger partial charge in [-0.25, -0.2) is 19.2 Å². The smallest absolute Gasteiger partial charge is 0.822 e. The monoisotopic (exact) mass is 966 g/mol. The SMILES string of the molecule is O=C1O[C@H]([C@@H](O)CO)C(O)=C1O.O=C1O[C@H]([C@@H](O)CO)C(O)=C1O.O=C1O[C@H]([C@@H](O)CO)C(O)=C1O.O=C1O[C@H]([C@@H](O)CO)C(O)=C1O.O=P([O-])([O-])[O-].O=P([O-])([O-])[O-].[Mg+2].[Mg+2].[Mg+2]. The maximum Gasteiger partial charge on any atom is 2.00 e. The first kappa shape index (κ1) is 67.5. The van der Waals surface area contributed by atoms with Gasteiger partial charge in [-0.1, -0.05) is 0 Å². The Hall–Kier alpha value is -2.56. The van der Waals surface area contributed by atoms with Crippen molar-refractivity contribution in [2.24, 2.45) is 0 Å². The molecule has 4 rings (SSSR count). The molecule has 4 heterocycles. The first-order valence-electron chi connectivity index (χ1n) is 14.2. The molecule has 16 N–H and O–H groups in total. The van der Waals surface area contributed by atoms with Crippen LogP contribution < -0.4 is 29.4 Å². The van der Waals surface area contributed by atoms with E-state index in [9.17, 15) is 19.2 Å². The van der Waals surface area contributed by atoms with Crippen LogP contribution in [-0.2, 0) is 47.3 Å². The second-order valence-corrected chi connectivity index (χ2v) is 11.9. The molecule has 32 nitrogen and oxygen atoms in total. The van der Waals surface area contributed by atoms with E-state index < -0.39 is 161 Å². The van der Waals surface area contributed by atoms with Gasteiger partial charge in [-0.15, -0.1) is 0 Å². The van der Waals surface area contributed by atoms with Crippen LogP contribution in [0.5, 0.6) is 0 Å². The van der Waals surface area contributed by atoms with Crippen LogP contribution in [-0.4, -0.2) is 250 Å². The Labute approximate surface area is 386 Å². The van der Waals surface area contributed by atoms with Crippen molar-refractivity contribution in [1.82, 2.24) is 0 Å². The third-order valence-electron chi connectivity index (χ3n) is 5.90. The minimum Gasteiger partial charge on any atom is -0.822 e. The Morgan fingerprint density at radius 1 is 0.393 bits per heavy atom. The van der Waals surface area contributed by atoms with E-state index in [4.69, 9.17) is 120 Å². The van der Waals surface area contributed by atoms with E-state index >= 15 is 0 Å². The van der Waals surface area contributed by atoms with Gasteiger partial charge in [0.1, 0.15) is 24.4 Å². The molecule has 4 aliphatic rings. The molecule has 0 aromatic heterocycles. The summed E-state index contributed by atoms with van der Waals surface area (Å²) < 4.78 is 34.4. The average Bonchev–Trinajstić information content (AvgIpc) is 3.75. The summed E-state index contributed by atoms with van der Waals surface area (Å²) in [6, 6.07) is 0. The second-order valence-electron chi connectivity index (χ2n) is 10.1. The van der Waals surface area contributed by atoms with E-state index in [1.807, 2.05) is 0 Å². The quantitative estimate of drug-likeness (QED) is 0.0465. The number of esters is 4. The number of carbonyl (C=O) groups is 4. The predicted molar refractivity (Wildman–Crippen MR) is 173 cm³/mol. The fourth-order valence-electron chi connectivity index (χ4n) is 3.29. The van der Waals surface area contributed by atoms with Crippen molar-refractivity contribution in [2.45, 2.75) is 48.8 Å². The van der Waals surface area contributed by atoms with Crippen molar-refractivity contribution in [3.63, 3.8) is 0 Å². The molecule has 4 aliphatic heterocycles. The zero-order valence-corrected chi connectivity index (χ0v) is 36.2. The fourth-order valence-corrected chi connectivity index (χ4v) is 3.29. The predicted octanol–water partition coefficient (Wildman–Crippen LogP) is -12.4. The largest absolute Gasteiger partial charge is 2.00 e. The van der Waals surface area contributed by atoms with Gasteiger partial charge in [0, 0.05) is 0 Å². The van der Waals surface area contributed by atoms with Gasteiger partial charge in [-0.05, 0) is 0 Å². The minimum absolute atomic E-state index is 0. The van der Waals surface area contributed by atoms with Crippen molar-refractivity contribution in [2.75, 3.05) is 26.4 Å². The number of carbonyl (C=O) groups excluding carboxylic acids is 4. The van der Waals surface area contributed by atoms with E-state index in [1.165, 1.54) is 0 Å². The molecule has 0 bridgehead atoms. The Morgan fingerprint density at radius 2 is 0.508 bits per heavy atom. The molecule has 0 spiro atoms. The molecule has 0 radical (unpaired) electrons. The normalized spacial score (nSPS) is 22.3. The number of phosphoric acid groups is 2. The molecule has 0 fully saturated rings. The van der Waals surface area contributed by atoms with Gasteiger partial charge in [0.25, 0.3) is 0 Å². The van der Waals surface area contributed by atoms with Crippen LogP contribution in [0, 0.1) is 0 Å². The first-order chi connectivity index (χ1) is 26.3. The van der Waals surface area contributed by atoms with Crippen LogP contribution >= 0.6 is 15.6 Å². The third-order valence-corrected chi connectivity index (χ3v) is 5.90. The molecular formula is C24H32Mg3O32P2. The van der Waals surface area contributed by atoms with E-state index in [-0.39, 0.29) is 69.2 Å². The molecule has 61 heavy (non-hydrogen) atoms. The van der Waals surface area contributed by atoms with Crippen LogP contribution in [0.3, 0.4) is 0 Å². The second kappa shape index (κ2) is 30.5. The van der Waals surface area contributed by atoms with Gasteiger partial charge in [0.15, 0.2) is 47.5 Å². The molecule has 37 heteroatoms. The maximum absolute atomic E-state index is 10.5. The van der Waals surface area contributed by atoms with Crippen LogP contribution in [0.4, 0.5) is 0 Å². The van der Waals surface area contributed by atoms with E-state index in [0.29, 0.717) is 0 Å². The van der Waals surface area contributed by atoms with Crippen LogP contribution in [0.2, 0.25) is 0 Å². The van der Waals surface area contributed by atoms with Crippen molar-refractivity contribution < 1.29 is 158 Å². The minimum atomic E-state index is -5.39. The zero-order valence-electron chi connectivity index (χ0n) is 30.2. The first-order valence-corrected chi connectivity index (χ1v) is 17.2. The van der Waals surface area contributed by atoms with Crippen molar-refractivity contribution >= 4 is 109 Å². The van der Waals surface area contributed by atoms with Crippen LogP contribution in [0.15, 0.2) is 46.1 Å². The number of rotatable bonds is 8. The number of aliphatic hydroxyl groups is 16. The number of ether oxygens (including phenoxy) is 4. The van der Waals surface area contributed by atoms with Gasteiger partial charge in [0.05, 0.1) is 26.4 Å². The summed E-state index contributed by atoms with van der Waals surface area (Å²) in [4.78, 5) is 93.4. The molecule has 0 saturated heterocycles. The maximum atomic E-state index is 10.5. The summed E-state index contributed by atoms with van der Waals surface area (Å²) in [6.45, 7) is -2.69. The summed E-state index contributed by atoms with van der Waals surface area (Å²) in [5, 5.41) is 140. The van der Waals surface area contributed by atoms with Gasteiger partial charge >= 0.3 is 93.0 Å². The molecule has 0 aromatic carbocycles. The number of aliphatic hydroxyl groups excluding tert-OH is 16. The Morgan fingerprint density at radius 3 is 0.574 bits per heavy atom. The summed E-state index contributed by atoms with van der Waals surface area (Å²) in [7, 11) is -10.8. The van der Waals surface area contributed by atoms with Crippen LogP contribution in [0.25, 0.3) is 0 Å². The van der Waals surface area contributed by atoms with E-state index in [0.717, 1.165) is 0 Å². The molecule has 0 saturated carbocycles.